The SMILES string of the molecule is CCC1CN(CC2CCC(N)CC2)CCO1. The normalized spacial score (nSPS) is 37.5. The Morgan fingerprint density at radius 3 is 2.69 bits per heavy atom. The van der Waals surface area contributed by atoms with Crippen LogP contribution in [0.25, 0.3) is 0 Å². The van der Waals surface area contributed by atoms with Crippen molar-refractivity contribution in [1.29, 1.82) is 0 Å². The average Bonchev–Trinajstić information content (AvgIpc) is 2.32. The van der Waals surface area contributed by atoms with Gasteiger partial charge in [-0.1, -0.05) is 6.92 Å². The van der Waals surface area contributed by atoms with E-state index in [1.54, 1.807) is 0 Å². The molecule has 1 aliphatic carbocycles. The van der Waals surface area contributed by atoms with Gasteiger partial charge in [0.25, 0.3) is 0 Å². The van der Waals surface area contributed by atoms with Crippen molar-refractivity contribution in [3.8, 4) is 0 Å². The lowest BCUT2D eigenvalue weighted by atomic mass is 9.86. The van der Waals surface area contributed by atoms with Crippen LogP contribution in [0.1, 0.15) is 39.0 Å². The lowest BCUT2D eigenvalue weighted by molar-refractivity contribution is -0.0356. The lowest BCUT2D eigenvalue weighted by Crippen LogP contribution is -2.45. The summed E-state index contributed by atoms with van der Waals surface area (Å²) in [5, 5.41) is 0. The molecule has 0 spiro atoms. The van der Waals surface area contributed by atoms with Crippen molar-refractivity contribution in [3.05, 3.63) is 0 Å². The summed E-state index contributed by atoms with van der Waals surface area (Å²) in [5.41, 5.74) is 5.94. The Morgan fingerprint density at radius 2 is 2.00 bits per heavy atom. The summed E-state index contributed by atoms with van der Waals surface area (Å²) in [6, 6.07) is 0.476. The average molecular weight is 226 g/mol. The Bertz CT molecular complexity index is 202. The van der Waals surface area contributed by atoms with Crippen LogP contribution >= 0.6 is 0 Å². The molecule has 94 valence electrons. The van der Waals surface area contributed by atoms with Gasteiger partial charge in [-0.15, -0.1) is 0 Å². The van der Waals surface area contributed by atoms with Gasteiger partial charge in [0.15, 0.2) is 0 Å². The monoisotopic (exact) mass is 226 g/mol. The quantitative estimate of drug-likeness (QED) is 0.794. The standard InChI is InChI=1S/C13H26N2O/c1-2-13-10-15(7-8-16-13)9-11-3-5-12(14)6-4-11/h11-13H,2-10,14H2,1H3. The smallest absolute Gasteiger partial charge is 0.0700 e. The van der Waals surface area contributed by atoms with Crippen LogP contribution in [0, 0.1) is 5.92 Å². The number of ether oxygens (including phenoxy) is 1. The van der Waals surface area contributed by atoms with Crippen molar-refractivity contribution < 1.29 is 4.74 Å². The van der Waals surface area contributed by atoms with Gasteiger partial charge in [-0.25, -0.2) is 0 Å². The Balaban J connectivity index is 1.72. The van der Waals surface area contributed by atoms with Gasteiger partial charge in [-0.2, -0.15) is 0 Å². The number of nitrogens with zero attached hydrogens (tertiary/aromatic N) is 1. The van der Waals surface area contributed by atoms with Gasteiger partial charge in [0.1, 0.15) is 0 Å². The molecule has 0 aromatic heterocycles. The third kappa shape index (κ3) is 3.44. The fraction of sp³-hybridized carbons (Fsp3) is 1.00. The van der Waals surface area contributed by atoms with Crippen molar-refractivity contribution in [2.45, 2.75) is 51.2 Å². The molecule has 1 heterocycles. The molecule has 2 N–H and O–H groups in total. The van der Waals surface area contributed by atoms with E-state index in [-0.39, 0.29) is 0 Å². The fourth-order valence-corrected chi connectivity index (χ4v) is 2.93. The highest BCUT2D eigenvalue weighted by Crippen LogP contribution is 2.24. The van der Waals surface area contributed by atoms with Gasteiger partial charge in [0.2, 0.25) is 0 Å². The molecular weight excluding hydrogens is 200 g/mol. The molecule has 0 amide bonds. The van der Waals surface area contributed by atoms with E-state index in [0.29, 0.717) is 12.1 Å². The molecule has 1 unspecified atom stereocenters. The number of hydrogen-bond acceptors (Lipinski definition) is 3. The van der Waals surface area contributed by atoms with Crippen molar-refractivity contribution in [2.24, 2.45) is 11.7 Å². The molecule has 3 nitrogen and oxygen atoms in total. The first-order chi connectivity index (χ1) is 7.78. The molecule has 16 heavy (non-hydrogen) atoms. The van der Waals surface area contributed by atoms with Crippen LogP contribution in [0.15, 0.2) is 0 Å². The van der Waals surface area contributed by atoms with Crippen LogP contribution < -0.4 is 5.73 Å². The molecule has 1 saturated carbocycles. The summed E-state index contributed by atoms with van der Waals surface area (Å²) in [4.78, 5) is 2.60. The second-order valence-corrected chi connectivity index (χ2v) is 5.44. The van der Waals surface area contributed by atoms with Crippen LogP contribution in [0.2, 0.25) is 0 Å². The predicted octanol–water partition coefficient (Wildman–Crippen LogP) is 1.61. The van der Waals surface area contributed by atoms with Gasteiger partial charge in [-0.3, -0.25) is 4.90 Å². The van der Waals surface area contributed by atoms with Crippen LogP contribution in [0.4, 0.5) is 0 Å². The van der Waals surface area contributed by atoms with Crippen LogP contribution in [0.5, 0.6) is 0 Å². The molecule has 2 aliphatic rings. The van der Waals surface area contributed by atoms with Gasteiger partial charge in [0, 0.05) is 25.7 Å². The molecule has 0 radical (unpaired) electrons. The van der Waals surface area contributed by atoms with E-state index < -0.39 is 0 Å². The number of nitrogens with two attached hydrogens (primary N) is 1. The first-order valence-electron chi connectivity index (χ1n) is 6.87. The third-order valence-electron chi connectivity index (χ3n) is 4.09. The molecule has 0 aromatic rings. The first kappa shape index (κ1) is 12.3. The topological polar surface area (TPSA) is 38.5 Å². The summed E-state index contributed by atoms with van der Waals surface area (Å²) in [7, 11) is 0. The predicted molar refractivity (Wildman–Crippen MR) is 66.4 cm³/mol. The van der Waals surface area contributed by atoms with Crippen molar-refractivity contribution in [1.82, 2.24) is 4.90 Å². The summed E-state index contributed by atoms with van der Waals surface area (Å²) >= 11 is 0. The molecule has 1 atom stereocenters. The number of hydrogen-bond donors (Lipinski definition) is 1. The molecule has 0 aromatic carbocycles. The largest absolute Gasteiger partial charge is 0.376 e. The van der Waals surface area contributed by atoms with E-state index in [4.69, 9.17) is 10.5 Å². The van der Waals surface area contributed by atoms with Crippen LogP contribution in [-0.4, -0.2) is 43.3 Å². The molecular formula is C13H26N2O. The molecule has 2 fully saturated rings. The Hall–Kier alpha value is -0.120. The first-order valence-corrected chi connectivity index (χ1v) is 6.87. The maximum absolute atomic E-state index is 5.94. The fourth-order valence-electron chi connectivity index (χ4n) is 2.93. The molecule has 1 aliphatic heterocycles. The summed E-state index contributed by atoms with van der Waals surface area (Å²) in [6.45, 7) is 6.67. The lowest BCUT2D eigenvalue weighted by Gasteiger charge is -2.36. The summed E-state index contributed by atoms with van der Waals surface area (Å²) in [6.07, 6.45) is 6.73. The van der Waals surface area contributed by atoms with Gasteiger partial charge in [0.05, 0.1) is 12.7 Å². The highest BCUT2D eigenvalue weighted by Gasteiger charge is 2.24. The van der Waals surface area contributed by atoms with Crippen LogP contribution in [-0.2, 0) is 4.74 Å². The molecule has 0 bridgehead atoms. The Morgan fingerprint density at radius 1 is 1.25 bits per heavy atom. The molecule has 3 heteroatoms. The maximum Gasteiger partial charge on any atom is 0.0700 e. The van der Waals surface area contributed by atoms with E-state index in [1.807, 2.05) is 0 Å². The number of rotatable bonds is 3. The van der Waals surface area contributed by atoms with Crippen LogP contribution in [0.3, 0.4) is 0 Å². The zero-order valence-corrected chi connectivity index (χ0v) is 10.5. The van der Waals surface area contributed by atoms with Crippen molar-refractivity contribution >= 4 is 0 Å². The minimum absolute atomic E-state index is 0.472. The zero-order chi connectivity index (χ0) is 11.4. The summed E-state index contributed by atoms with van der Waals surface area (Å²) in [5.74, 6) is 0.885. The minimum atomic E-state index is 0.472. The van der Waals surface area contributed by atoms with E-state index in [2.05, 4.69) is 11.8 Å². The van der Waals surface area contributed by atoms with Gasteiger partial charge in [-0.05, 0) is 38.0 Å². The van der Waals surface area contributed by atoms with E-state index >= 15 is 0 Å². The highest BCUT2D eigenvalue weighted by atomic mass is 16.5. The van der Waals surface area contributed by atoms with Crippen molar-refractivity contribution in [3.63, 3.8) is 0 Å². The van der Waals surface area contributed by atoms with E-state index in [0.717, 1.165) is 32.0 Å². The summed E-state index contributed by atoms with van der Waals surface area (Å²) < 4.78 is 5.70. The minimum Gasteiger partial charge on any atom is -0.376 e. The number of morpholine rings is 1. The zero-order valence-electron chi connectivity index (χ0n) is 10.5. The molecule has 2 rings (SSSR count). The van der Waals surface area contributed by atoms with E-state index in [1.165, 1.54) is 32.2 Å². The third-order valence-corrected chi connectivity index (χ3v) is 4.09. The van der Waals surface area contributed by atoms with Gasteiger partial charge >= 0.3 is 0 Å². The second kappa shape index (κ2) is 5.99. The van der Waals surface area contributed by atoms with E-state index in [9.17, 15) is 0 Å². The van der Waals surface area contributed by atoms with Gasteiger partial charge < -0.3 is 10.5 Å². The Labute approximate surface area is 99.3 Å². The second-order valence-electron chi connectivity index (χ2n) is 5.44. The van der Waals surface area contributed by atoms with Crippen molar-refractivity contribution in [2.75, 3.05) is 26.2 Å². The Kier molecular flexibility index (Phi) is 4.62. The molecule has 1 saturated heterocycles. The maximum atomic E-state index is 5.94. The highest BCUT2D eigenvalue weighted by molar-refractivity contribution is 4.79.